The van der Waals surface area contributed by atoms with Crippen molar-refractivity contribution >= 4 is 28.6 Å². The van der Waals surface area contributed by atoms with E-state index in [0.29, 0.717) is 5.69 Å². The van der Waals surface area contributed by atoms with Crippen LogP contribution >= 0.6 is 11.3 Å². The van der Waals surface area contributed by atoms with Gasteiger partial charge in [-0.1, -0.05) is 6.07 Å². The van der Waals surface area contributed by atoms with Crippen molar-refractivity contribution in [1.82, 2.24) is 0 Å². The summed E-state index contributed by atoms with van der Waals surface area (Å²) in [6, 6.07) is 9.74. The molecule has 0 fully saturated rings. The third-order valence-electron chi connectivity index (χ3n) is 3.42. The Hall–Kier alpha value is -1.81. The van der Waals surface area contributed by atoms with Crippen molar-refractivity contribution in [2.45, 2.75) is 19.8 Å². The van der Waals surface area contributed by atoms with E-state index in [9.17, 15) is 4.79 Å². The van der Waals surface area contributed by atoms with Crippen LogP contribution in [0.5, 0.6) is 0 Å². The first-order valence-corrected chi connectivity index (χ1v) is 7.23. The van der Waals surface area contributed by atoms with Crippen LogP contribution in [0.2, 0.25) is 0 Å². The van der Waals surface area contributed by atoms with Gasteiger partial charge in [0.1, 0.15) is 0 Å². The Labute approximate surface area is 116 Å². The minimum Gasteiger partial charge on any atom is -0.399 e. The lowest BCUT2D eigenvalue weighted by Crippen LogP contribution is -2.35. The van der Waals surface area contributed by atoms with Crippen LogP contribution in [0, 0.1) is 6.92 Å². The molecule has 0 unspecified atom stereocenters. The van der Waals surface area contributed by atoms with Gasteiger partial charge in [0.15, 0.2) is 0 Å². The fourth-order valence-corrected chi connectivity index (χ4v) is 3.30. The molecule has 2 N–H and O–H groups in total. The zero-order valence-corrected chi connectivity index (χ0v) is 11.7. The van der Waals surface area contributed by atoms with Crippen molar-refractivity contribution in [1.29, 1.82) is 0 Å². The molecule has 0 spiro atoms. The average Bonchev–Trinajstić information content (AvgIpc) is 2.84. The maximum atomic E-state index is 12.6. The van der Waals surface area contributed by atoms with E-state index in [1.165, 1.54) is 5.56 Å². The highest BCUT2D eigenvalue weighted by Crippen LogP contribution is 2.31. The number of benzene rings is 1. The lowest BCUT2D eigenvalue weighted by molar-refractivity contribution is 0.0989. The molecule has 98 valence electrons. The van der Waals surface area contributed by atoms with Gasteiger partial charge in [0.05, 0.1) is 4.88 Å². The van der Waals surface area contributed by atoms with E-state index in [1.54, 1.807) is 11.3 Å². The van der Waals surface area contributed by atoms with Gasteiger partial charge >= 0.3 is 0 Å². The molecule has 1 aromatic heterocycles. The summed E-state index contributed by atoms with van der Waals surface area (Å²) in [5, 5.41) is 0. The van der Waals surface area contributed by atoms with Crippen LogP contribution in [-0.2, 0) is 6.42 Å². The van der Waals surface area contributed by atoms with Crippen LogP contribution in [0.1, 0.15) is 26.5 Å². The summed E-state index contributed by atoms with van der Waals surface area (Å²) in [4.78, 5) is 16.4. The van der Waals surface area contributed by atoms with Crippen LogP contribution in [0.4, 0.5) is 11.4 Å². The molecule has 0 atom stereocenters. The van der Waals surface area contributed by atoms with Crippen LogP contribution in [-0.4, -0.2) is 12.5 Å². The molecule has 0 saturated heterocycles. The van der Waals surface area contributed by atoms with Crippen LogP contribution < -0.4 is 10.6 Å². The average molecular weight is 272 g/mol. The first kappa shape index (κ1) is 12.2. The summed E-state index contributed by atoms with van der Waals surface area (Å²) < 4.78 is 0. The van der Waals surface area contributed by atoms with E-state index >= 15 is 0 Å². The van der Waals surface area contributed by atoms with Gasteiger partial charge in [0.25, 0.3) is 5.91 Å². The van der Waals surface area contributed by atoms with E-state index < -0.39 is 0 Å². The third-order valence-corrected chi connectivity index (χ3v) is 4.41. The topological polar surface area (TPSA) is 46.3 Å². The highest BCUT2D eigenvalue weighted by atomic mass is 32.1. The Morgan fingerprint density at radius 3 is 2.89 bits per heavy atom. The largest absolute Gasteiger partial charge is 0.399 e. The van der Waals surface area contributed by atoms with Crippen molar-refractivity contribution in [3.63, 3.8) is 0 Å². The molecule has 19 heavy (non-hydrogen) atoms. The van der Waals surface area contributed by atoms with E-state index in [4.69, 9.17) is 5.73 Å². The highest BCUT2D eigenvalue weighted by molar-refractivity contribution is 7.14. The number of nitrogens with two attached hydrogens (primary N) is 1. The van der Waals surface area contributed by atoms with E-state index in [0.717, 1.165) is 34.8 Å². The van der Waals surface area contributed by atoms with Crippen molar-refractivity contribution in [3.8, 4) is 0 Å². The summed E-state index contributed by atoms with van der Waals surface area (Å²) in [5.41, 5.74) is 8.75. The first-order chi connectivity index (χ1) is 9.15. The number of thiophene rings is 1. The van der Waals surface area contributed by atoms with Gasteiger partial charge in [-0.25, -0.2) is 0 Å². The molecule has 1 aliphatic heterocycles. The second-order valence-corrected chi connectivity index (χ2v) is 6.15. The predicted octanol–water partition coefficient (Wildman–Crippen LogP) is 3.23. The third kappa shape index (κ3) is 2.24. The molecule has 2 heterocycles. The van der Waals surface area contributed by atoms with Gasteiger partial charge in [-0.2, -0.15) is 0 Å². The number of amides is 1. The Morgan fingerprint density at radius 2 is 2.16 bits per heavy atom. The molecule has 0 aliphatic carbocycles. The molecule has 1 aromatic carbocycles. The lowest BCUT2D eigenvalue weighted by Gasteiger charge is -2.29. The number of hydrogen-bond acceptors (Lipinski definition) is 3. The first-order valence-electron chi connectivity index (χ1n) is 6.42. The smallest absolute Gasteiger partial charge is 0.268 e. The fourth-order valence-electron chi connectivity index (χ4n) is 2.49. The standard InChI is InChI=1S/C15H16N2OS/c1-10-4-7-14(19-10)15(18)17-8-2-3-11-5-6-12(16)9-13(11)17/h4-7,9H,2-3,8,16H2,1H3. The number of aryl methyl sites for hydroxylation is 2. The molecular formula is C15H16N2OS. The van der Waals surface area contributed by atoms with Crippen LogP contribution in [0.3, 0.4) is 0 Å². The van der Waals surface area contributed by atoms with Gasteiger partial charge in [-0.05, 0) is 49.6 Å². The van der Waals surface area contributed by atoms with Crippen molar-refractivity contribution in [2.24, 2.45) is 0 Å². The number of nitrogens with zero attached hydrogens (tertiary/aromatic N) is 1. The number of carbonyl (C=O) groups excluding carboxylic acids is 1. The molecule has 0 radical (unpaired) electrons. The highest BCUT2D eigenvalue weighted by Gasteiger charge is 2.24. The monoisotopic (exact) mass is 272 g/mol. The van der Waals surface area contributed by atoms with Crippen molar-refractivity contribution < 1.29 is 4.79 Å². The molecule has 1 aliphatic rings. The minimum atomic E-state index is 0.0876. The van der Waals surface area contributed by atoms with Gasteiger partial charge < -0.3 is 10.6 Å². The van der Waals surface area contributed by atoms with E-state index in [-0.39, 0.29) is 5.91 Å². The number of fused-ring (bicyclic) bond motifs is 1. The summed E-state index contributed by atoms with van der Waals surface area (Å²) in [6.07, 6.45) is 2.02. The fraction of sp³-hybridized carbons (Fsp3) is 0.267. The molecule has 0 saturated carbocycles. The SMILES string of the molecule is Cc1ccc(C(=O)N2CCCc3ccc(N)cc32)s1. The number of hydrogen-bond donors (Lipinski definition) is 1. The summed E-state index contributed by atoms with van der Waals surface area (Å²) in [5.74, 6) is 0.0876. The quantitative estimate of drug-likeness (QED) is 0.810. The Morgan fingerprint density at radius 1 is 1.32 bits per heavy atom. The maximum absolute atomic E-state index is 12.6. The van der Waals surface area contributed by atoms with E-state index in [2.05, 4.69) is 0 Å². The summed E-state index contributed by atoms with van der Waals surface area (Å²) in [7, 11) is 0. The van der Waals surface area contributed by atoms with Gasteiger partial charge in [-0.15, -0.1) is 11.3 Å². The predicted molar refractivity (Wildman–Crippen MR) is 79.9 cm³/mol. The second kappa shape index (κ2) is 4.70. The minimum absolute atomic E-state index is 0.0876. The van der Waals surface area contributed by atoms with E-state index in [1.807, 2.05) is 42.2 Å². The molecule has 1 amide bonds. The Balaban J connectivity index is 1.99. The zero-order chi connectivity index (χ0) is 13.4. The lowest BCUT2D eigenvalue weighted by atomic mass is 10.0. The van der Waals surface area contributed by atoms with Crippen molar-refractivity contribution in [3.05, 3.63) is 45.6 Å². The molecule has 4 heteroatoms. The Bertz CT molecular complexity index is 633. The number of nitrogen functional groups attached to an aromatic ring is 1. The van der Waals surface area contributed by atoms with Crippen LogP contribution in [0.25, 0.3) is 0 Å². The molecular weight excluding hydrogens is 256 g/mol. The normalized spacial score (nSPS) is 14.3. The Kier molecular flexibility index (Phi) is 3.03. The van der Waals surface area contributed by atoms with Crippen molar-refractivity contribution in [2.75, 3.05) is 17.2 Å². The van der Waals surface area contributed by atoms with Gasteiger partial charge in [0, 0.05) is 22.8 Å². The molecule has 3 rings (SSSR count). The number of carbonyl (C=O) groups is 1. The summed E-state index contributed by atoms with van der Waals surface area (Å²) in [6.45, 7) is 2.79. The summed E-state index contributed by atoms with van der Waals surface area (Å²) >= 11 is 1.55. The molecule has 3 nitrogen and oxygen atoms in total. The van der Waals surface area contributed by atoms with Gasteiger partial charge in [-0.3, -0.25) is 4.79 Å². The van der Waals surface area contributed by atoms with Crippen LogP contribution in [0.15, 0.2) is 30.3 Å². The maximum Gasteiger partial charge on any atom is 0.268 e. The number of anilines is 2. The molecule has 0 bridgehead atoms. The van der Waals surface area contributed by atoms with Gasteiger partial charge in [0.2, 0.25) is 0 Å². The number of rotatable bonds is 1. The zero-order valence-electron chi connectivity index (χ0n) is 10.8. The molecule has 2 aromatic rings. The second-order valence-electron chi connectivity index (χ2n) is 4.86.